The summed E-state index contributed by atoms with van der Waals surface area (Å²) in [4.78, 5) is 8.04. The van der Waals surface area contributed by atoms with Gasteiger partial charge in [-0.25, -0.2) is 6.57 Å². The van der Waals surface area contributed by atoms with Gasteiger partial charge in [0.2, 0.25) is 0 Å². The molecule has 1 aliphatic rings. The number of aliphatic hydroxyl groups is 2. The molecule has 43 heavy (non-hydrogen) atoms. The van der Waals surface area contributed by atoms with Crippen molar-refractivity contribution in [2.24, 2.45) is 0 Å². The van der Waals surface area contributed by atoms with Gasteiger partial charge in [-0.2, -0.15) is 36.5 Å². The van der Waals surface area contributed by atoms with E-state index < -0.39 is 37.4 Å². The molecule has 1 fully saturated rings. The van der Waals surface area contributed by atoms with Crippen molar-refractivity contribution < 1.29 is 36.6 Å². The normalized spacial score (nSPS) is 15.6. The van der Waals surface area contributed by atoms with Crippen LogP contribution in [0, 0.1) is 41.2 Å². The zero-order chi connectivity index (χ0) is 32.6. The minimum absolute atomic E-state index is 0.126. The van der Waals surface area contributed by atoms with Crippen LogP contribution in [0.5, 0.6) is 0 Å². The zero-order valence-corrected chi connectivity index (χ0v) is 24.8. The Hall–Kier alpha value is -3.44. The highest BCUT2D eigenvalue weighted by molar-refractivity contribution is 5.26. The van der Waals surface area contributed by atoms with E-state index in [1.807, 2.05) is 39.1 Å². The molecule has 0 spiro atoms. The average Bonchev–Trinajstić information content (AvgIpc) is 3.32. The average molecular weight is 617 g/mol. The maximum atomic E-state index is 11.9. The van der Waals surface area contributed by atoms with Gasteiger partial charge in [0, 0.05) is 30.9 Å². The second-order valence-electron chi connectivity index (χ2n) is 10.9. The molecule has 2 N–H and O–H groups in total. The van der Waals surface area contributed by atoms with Crippen molar-refractivity contribution in [1.29, 1.82) is 0 Å². The quantitative estimate of drug-likeness (QED) is 0.240. The van der Waals surface area contributed by atoms with Gasteiger partial charge < -0.3 is 15.1 Å². The summed E-state index contributed by atoms with van der Waals surface area (Å²) >= 11 is 0. The standard InChI is InChI=1S/C11H12N2.2C9H13F3N2O/c1-9-4-5-10(13-8-9)11(12-2)6-3-7-11;1-6-4-14(13-7(6)2)5-8(15)3-9(10,11)12;1-6-4-13-14(7(6)2)5-8(15)3-9(10,11)12/h4-5,8H,3,6-7H2,1H3;2*4,8,15H,3,5H2,1-2H3. The van der Waals surface area contributed by atoms with Crippen LogP contribution in [-0.4, -0.2) is 59.3 Å². The van der Waals surface area contributed by atoms with Crippen molar-refractivity contribution in [1.82, 2.24) is 24.5 Å². The van der Waals surface area contributed by atoms with Crippen LogP contribution in [0.1, 0.15) is 65.9 Å². The molecule has 0 bridgehead atoms. The number of aromatic nitrogens is 5. The van der Waals surface area contributed by atoms with Gasteiger partial charge in [-0.05, 0) is 63.8 Å². The van der Waals surface area contributed by atoms with Gasteiger partial charge in [0.25, 0.3) is 5.54 Å². The molecule has 0 radical (unpaired) electrons. The lowest BCUT2D eigenvalue weighted by Gasteiger charge is -2.29. The number of aryl methyl sites for hydroxylation is 4. The maximum absolute atomic E-state index is 11.9. The van der Waals surface area contributed by atoms with Gasteiger partial charge in [-0.1, -0.05) is 6.07 Å². The number of halogens is 6. The minimum atomic E-state index is -4.34. The molecule has 14 heteroatoms. The monoisotopic (exact) mass is 616 g/mol. The predicted octanol–water partition coefficient (Wildman–Crippen LogP) is 6.31. The molecule has 0 saturated heterocycles. The third-order valence-electron chi connectivity index (χ3n) is 7.04. The third kappa shape index (κ3) is 11.6. The fourth-order valence-corrected chi connectivity index (χ4v) is 4.19. The second kappa shape index (κ2) is 14.8. The molecule has 3 aromatic heterocycles. The van der Waals surface area contributed by atoms with Crippen LogP contribution in [0.15, 0.2) is 30.7 Å². The highest BCUT2D eigenvalue weighted by Gasteiger charge is 2.46. The van der Waals surface area contributed by atoms with Crippen LogP contribution in [0.4, 0.5) is 26.3 Å². The van der Waals surface area contributed by atoms with E-state index in [0.717, 1.165) is 53.0 Å². The lowest BCUT2D eigenvalue weighted by molar-refractivity contribution is -0.156. The molecule has 1 aliphatic carbocycles. The van der Waals surface area contributed by atoms with E-state index in [-0.39, 0.29) is 18.6 Å². The summed E-state index contributed by atoms with van der Waals surface area (Å²) < 4.78 is 74.2. The highest BCUT2D eigenvalue weighted by atomic mass is 19.4. The molecule has 4 rings (SSSR count). The Bertz CT molecular complexity index is 1320. The van der Waals surface area contributed by atoms with Crippen molar-refractivity contribution in [3.63, 3.8) is 0 Å². The highest BCUT2D eigenvalue weighted by Crippen LogP contribution is 2.44. The van der Waals surface area contributed by atoms with Crippen LogP contribution in [0.25, 0.3) is 4.85 Å². The summed E-state index contributed by atoms with van der Waals surface area (Å²) in [5.74, 6) is 0. The van der Waals surface area contributed by atoms with Gasteiger partial charge in [0.15, 0.2) is 0 Å². The Kier molecular flexibility index (Phi) is 12.3. The van der Waals surface area contributed by atoms with Gasteiger partial charge in [0.05, 0.1) is 50.0 Å². The third-order valence-corrected chi connectivity index (χ3v) is 7.04. The van der Waals surface area contributed by atoms with Crippen LogP contribution >= 0.6 is 0 Å². The smallest absolute Gasteiger partial charge is 0.391 e. The van der Waals surface area contributed by atoms with Crippen LogP contribution < -0.4 is 0 Å². The Morgan fingerprint density at radius 3 is 1.86 bits per heavy atom. The Morgan fingerprint density at radius 2 is 1.49 bits per heavy atom. The molecule has 0 aromatic carbocycles. The summed E-state index contributed by atoms with van der Waals surface area (Å²) in [6.45, 7) is 16.1. The first-order valence-corrected chi connectivity index (χ1v) is 13.6. The van der Waals surface area contributed by atoms with Crippen molar-refractivity contribution in [2.75, 3.05) is 0 Å². The van der Waals surface area contributed by atoms with E-state index in [1.165, 1.54) is 9.36 Å². The molecule has 2 atom stereocenters. The first-order chi connectivity index (χ1) is 19.8. The Morgan fingerprint density at radius 1 is 0.907 bits per heavy atom. The number of hydrogen-bond donors (Lipinski definition) is 2. The van der Waals surface area contributed by atoms with Crippen molar-refractivity contribution >= 4 is 0 Å². The van der Waals surface area contributed by atoms with Crippen molar-refractivity contribution in [3.8, 4) is 0 Å². The van der Waals surface area contributed by atoms with Gasteiger partial charge in [0.1, 0.15) is 5.69 Å². The lowest BCUT2D eigenvalue weighted by atomic mass is 9.75. The zero-order valence-electron chi connectivity index (χ0n) is 24.8. The largest absolute Gasteiger partial charge is 0.391 e. The maximum Gasteiger partial charge on any atom is 0.391 e. The number of hydrogen-bond acceptors (Lipinski definition) is 5. The summed E-state index contributed by atoms with van der Waals surface area (Å²) in [5.41, 5.74) is 5.17. The first-order valence-electron chi connectivity index (χ1n) is 13.6. The first kappa shape index (κ1) is 35.8. The number of rotatable bonds is 7. The minimum Gasteiger partial charge on any atom is -0.391 e. The van der Waals surface area contributed by atoms with Crippen molar-refractivity contribution in [3.05, 3.63) is 75.9 Å². The van der Waals surface area contributed by atoms with Crippen molar-refractivity contribution in [2.45, 2.75) is 110 Å². The molecule has 1 saturated carbocycles. The summed E-state index contributed by atoms with van der Waals surface area (Å²) in [6.07, 6.45) is -5.81. The molecule has 3 aromatic rings. The SMILES string of the molecule is Cc1cn(CC(O)CC(F)(F)F)nc1C.Cc1cnn(CC(O)CC(F)(F)F)c1C.[C-]#[N+]C1(c2ccc(C)cn2)CCC1. The number of alkyl halides is 6. The predicted molar refractivity (Wildman–Crippen MR) is 148 cm³/mol. The Balaban J connectivity index is 0.000000226. The number of aliphatic hydroxyl groups excluding tert-OH is 2. The van der Waals surface area contributed by atoms with E-state index in [0.29, 0.717) is 0 Å². The van der Waals surface area contributed by atoms with Gasteiger partial charge in [-0.15, -0.1) is 0 Å². The van der Waals surface area contributed by atoms with Crippen LogP contribution in [0.2, 0.25) is 0 Å². The molecule has 8 nitrogen and oxygen atoms in total. The molecule has 0 aliphatic heterocycles. The lowest BCUT2D eigenvalue weighted by Crippen LogP contribution is -2.31. The number of pyridine rings is 1. The van der Waals surface area contributed by atoms with E-state index in [9.17, 15) is 31.4 Å². The van der Waals surface area contributed by atoms with Gasteiger partial charge in [-0.3, -0.25) is 14.3 Å². The Labute approximate surface area is 247 Å². The van der Waals surface area contributed by atoms with Crippen LogP contribution in [-0.2, 0) is 18.6 Å². The molecule has 3 heterocycles. The van der Waals surface area contributed by atoms with E-state index in [4.69, 9.17) is 11.7 Å². The summed E-state index contributed by atoms with van der Waals surface area (Å²) in [5, 5.41) is 26.2. The van der Waals surface area contributed by atoms with Crippen LogP contribution in [0.3, 0.4) is 0 Å². The van der Waals surface area contributed by atoms with E-state index >= 15 is 0 Å². The molecular weight excluding hydrogens is 578 g/mol. The fraction of sp³-hybridized carbons (Fsp3) is 0.586. The van der Waals surface area contributed by atoms with Gasteiger partial charge >= 0.3 is 12.4 Å². The second-order valence-corrected chi connectivity index (χ2v) is 10.9. The topological polar surface area (TPSA) is 93.3 Å². The fourth-order valence-electron chi connectivity index (χ4n) is 4.19. The molecule has 2 unspecified atom stereocenters. The number of nitrogens with zero attached hydrogens (tertiary/aromatic N) is 6. The molecular formula is C29H38F6N6O2. The van der Waals surface area contributed by atoms with E-state index in [1.54, 1.807) is 26.2 Å². The summed E-state index contributed by atoms with van der Waals surface area (Å²) in [6, 6.07) is 4.03. The molecule has 238 valence electrons. The van der Waals surface area contributed by atoms with E-state index in [2.05, 4.69) is 20.0 Å². The molecule has 0 amide bonds. The summed E-state index contributed by atoms with van der Waals surface area (Å²) in [7, 11) is 0.